The van der Waals surface area contributed by atoms with E-state index >= 15 is 0 Å². The van der Waals surface area contributed by atoms with Gasteiger partial charge in [-0.05, 0) is 17.7 Å². The van der Waals surface area contributed by atoms with Gasteiger partial charge in [0.2, 0.25) is 0 Å². The summed E-state index contributed by atoms with van der Waals surface area (Å²) in [5, 5.41) is 0.472. The Hall–Kier alpha value is -1.72. The first-order valence-corrected chi connectivity index (χ1v) is 5.76. The minimum Gasteiger partial charge on any atom is -0.335 e. The van der Waals surface area contributed by atoms with Gasteiger partial charge in [0.25, 0.3) is 5.56 Å². The maximum Gasteiger partial charge on any atom is 0.349 e. The van der Waals surface area contributed by atoms with E-state index < -0.39 is 11.2 Å². The van der Waals surface area contributed by atoms with Crippen LogP contribution in [0.2, 0.25) is 10.0 Å². The van der Waals surface area contributed by atoms with Gasteiger partial charge in [-0.3, -0.25) is 9.36 Å². The van der Waals surface area contributed by atoms with E-state index in [1.165, 1.54) is 0 Å². The second kappa shape index (κ2) is 4.88. The Balaban J connectivity index is 2.50. The Morgan fingerprint density at radius 2 is 1.72 bits per heavy atom. The average Bonchev–Trinajstić information content (AvgIpc) is 2.34. The maximum atomic E-state index is 11.7. The van der Waals surface area contributed by atoms with Crippen molar-refractivity contribution >= 4 is 23.2 Å². The van der Waals surface area contributed by atoms with Crippen LogP contribution < -0.4 is 17.1 Å². The molecule has 0 unspecified atom stereocenters. The van der Waals surface area contributed by atoms with Crippen molar-refractivity contribution in [3.8, 4) is 0 Å². The Labute approximate surface area is 112 Å². The largest absolute Gasteiger partial charge is 0.349 e. The van der Waals surface area contributed by atoms with Crippen LogP contribution in [0.25, 0.3) is 0 Å². The maximum absolute atomic E-state index is 11.7. The van der Waals surface area contributed by atoms with Crippen LogP contribution in [0.4, 0.5) is 0 Å². The quantitative estimate of drug-likeness (QED) is 0.840. The van der Waals surface area contributed by atoms with Gasteiger partial charge in [-0.1, -0.05) is 35.3 Å². The van der Waals surface area contributed by atoms with E-state index in [0.717, 1.165) is 21.0 Å². The molecule has 0 aliphatic heterocycles. The fourth-order valence-corrected chi connectivity index (χ4v) is 1.83. The Morgan fingerprint density at radius 1 is 1.11 bits per heavy atom. The lowest BCUT2D eigenvalue weighted by atomic mass is 10.2. The van der Waals surface area contributed by atoms with Gasteiger partial charge in [0.05, 0.1) is 12.7 Å². The number of aromatic nitrogens is 2. The summed E-state index contributed by atoms with van der Waals surface area (Å²) >= 11 is 11.4. The number of halogens is 2. The molecule has 1 aromatic carbocycles. The number of hydrogen-bond donors (Lipinski definition) is 1. The van der Waals surface area contributed by atoms with E-state index in [4.69, 9.17) is 29.0 Å². The van der Waals surface area contributed by atoms with Crippen molar-refractivity contribution in [1.82, 2.24) is 9.24 Å². The standard InChI is InChI=1S/C11H9Cl2N3O2/c12-8-3-1-7(2-4-8)5-15-10(17)9(13)6-16(14)11(15)18/h1-4,6H,5,14H2. The first-order valence-electron chi connectivity index (χ1n) is 5.00. The van der Waals surface area contributed by atoms with Gasteiger partial charge in [-0.2, -0.15) is 0 Å². The zero-order chi connectivity index (χ0) is 13.3. The lowest BCUT2D eigenvalue weighted by Crippen LogP contribution is -2.42. The highest BCUT2D eigenvalue weighted by atomic mass is 35.5. The molecule has 0 bridgehead atoms. The fourth-order valence-electron chi connectivity index (χ4n) is 1.50. The SMILES string of the molecule is Nn1cc(Cl)c(=O)n(Cc2ccc(Cl)cc2)c1=O. The number of hydrogen-bond acceptors (Lipinski definition) is 3. The molecule has 94 valence electrons. The molecular formula is C11H9Cl2N3O2. The molecule has 2 N–H and O–H groups in total. The molecule has 0 fully saturated rings. The molecule has 0 spiro atoms. The summed E-state index contributed by atoms with van der Waals surface area (Å²) in [4.78, 5) is 23.5. The minimum atomic E-state index is -0.626. The van der Waals surface area contributed by atoms with E-state index in [-0.39, 0.29) is 11.6 Å². The van der Waals surface area contributed by atoms with Crippen LogP contribution in [-0.2, 0) is 6.54 Å². The van der Waals surface area contributed by atoms with E-state index in [9.17, 15) is 9.59 Å². The summed E-state index contributed by atoms with van der Waals surface area (Å²) in [5.41, 5.74) is -0.446. The molecule has 0 amide bonds. The van der Waals surface area contributed by atoms with Crippen LogP contribution in [0.5, 0.6) is 0 Å². The third kappa shape index (κ3) is 2.42. The smallest absolute Gasteiger partial charge is 0.335 e. The number of benzene rings is 1. The first kappa shape index (κ1) is 12.7. The minimum absolute atomic E-state index is 0.0899. The Bertz CT molecular complexity index is 655. The monoisotopic (exact) mass is 285 g/mol. The van der Waals surface area contributed by atoms with E-state index in [1.54, 1.807) is 24.3 Å². The number of nitrogen functional groups attached to an aromatic ring is 1. The van der Waals surface area contributed by atoms with Crippen LogP contribution >= 0.6 is 23.2 Å². The predicted molar refractivity (Wildman–Crippen MR) is 70.7 cm³/mol. The summed E-state index contributed by atoms with van der Waals surface area (Å²) < 4.78 is 1.74. The third-order valence-corrected chi connectivity index (χ3v) is 2.92. The second-order valence-electron chi connectivity index (χ2n) is 3.68. The molecule has 7 heteroatoms. The van der Waals surface area contributed by atoms with E-state index in [1.807, 2.05) is 0 Å². The van der Waals surface area contributed by atoms with Crippen molar-refractivity contribution in [3.63, 3.8) is 0 Å². The van der Waals surface area contributed by atoms with Gasteiger partial charge in [0, 0.05) is 5.02 Å². The van der Waals surface area contributed by atoms with Crippen LogP contribution in [0.3, 0.4) is 0 Å². The normalized spacial score (nSPS) is 10.6. The molecule has 1 aromatic heterocycles. The van der Waals surface area contributed by atoms with Crippen molar-refractivity contribution in [3.05, 3.63) is 66.9 Å². The Morgan fingerprint density at radius 3 is 2.33 bits per heavy atom. The highest BCUT2D eigenvalue weighted by Crippen LogP contribution is 2.09. The molecule has 0 saturated heterocycles. The fraction of sp³-hybridized carbons (Fsp3) is 0.0909. The predicted octanol–water partition coefficient (Wildman–Crippen LogP) is 1.08. The van der Waals surface area contributed by atoms with Gasteiger partial charge >= 0.3 is 5.69 Å². The van der Waals surface area contributed by atoms with Crippen LogP contribution in [0.15, 0.2) is 40.1 Å². The third-order valence-electron chi connectivity index (χ3n) is 2.41. The summed E-state index contributed by atoms with van der Waals surface area (Å²) in [6.45, 7) is 0.0899. The molecule has 0 radical (unpaired) electrons. The molecule has 2 aromatic rings. The molecule has 5 nitrogen and oxygen atoms in total. The summed E-state index contributed by atoms with van der Waals surface area (Å²) in [6, 6.07) is 6.78. The summed E-state index contributed by atoms with van der Waals surface area (Å²) in [7, 11) is 0. The van der Waals surface area contributed by atoms with Crippen molar-refractivity contribution in [2.24, 2.45) is 0 Å². The van der Waals surface area contributed by atoms with E-state index in [0.29, 0.717) is 5.02 Å². The van der Waals surface area contributed by atoms with Gasteiger partial charge in [0.1, 0.15) is 5.02 Å². The highest BCUT2D eigenvalue weighted by molar-refractivity contribution is 6.30. The van der Waals surface area contributed by atoms with Crippen LogP contribution in [0, 0.1) is 0 Å². The van der Waals surface area contributed by atoms with Gasteiger partial charge in [-0.15, -0.1) is 0 Å². The summed E-state index contributed by atoms with van der Waals surface area (Å²) in [6.07, 6.45) is 1.09. The molecule has 0 aliphatic carbocycles. The van der Waals surface area contributed by atoms with Crippen LogP contribution in [-0.4, -0.2) is 9.24 Å². The van der Waals surface area contributed by atoms with Gasteiger partial charge in [-0.25, -0.2) is 9.47 Å². The number of nitrogens with zero attached hydrogens (tertiary/aromatic N) is 2. The van der Waals surface area contributed by atoms with Gasteiger partial charge in [0.15, 0.2) is 0 Å². The summed E-state index contributed by atoms with van der Waals surface area (Å²) in [5.74, 6) is 5.41. The molecule has 0 saturated carbocycles. The topological polar surface area (TPSA) is 70.0 Å². The zero-order valence-electron chi connectivity index (χ0n) is 9.14. The average molecular weight is 286 g/mol. The number of nitrogens with two attached hydrogens (primary N) is 1. The molecule has 18 heavy (non-hydrogen) atoms. The highest BCUT2D eigenvalue weighted by Gasteiger charge is 2.08. The lowest BCUT2D eigenvalue weighted by molar-refractivity contribution is 0.657. The first-order chi connectivity index (χ1) is 8.49. The zero-order valence-corrected chi connectivity index (χ0v) is 10.6. The molecular weight excluding hydrogens is 277 g/mol. The Kier molecular flexibility index (Phi) is 3.45. The van der Waals surface area contributed by atoms with Crippen LogP contribution in [0.1, 0.15) is 5.56 Å². The van der Waals surface area contributed by atoms with Crippen molar-refractivity contribution < 1.29 is 0 Å². The van der Waals surface area contributed by atoms with Crippen molar-refractivity contribution in [1.29, 1.82) is 0 Å². The second-order valence-corrected chi connectivity index (χ2v) is 4.53. The molecule has 2 rings (SSSR count). The molecule has 1 heterocycles. The van der Waals surface area contributed by atoms with Crippen molar-refractivity contribution in [2.45, 2.75) is 6.54 Å². The van der Waals surface area contributed by atoms with Gasteiger partial charge < -0.3 is 5.84 Å². The molecule has 0 aliphatic rings. The lowest BCUT2D eigenvalue weighted by Gasteiger charge is -2.07. The molecule has 0 atom stereocenters. The van der Waals surface area contributed by atoms with E-state index in [2.05, 4.69) is 0 Å². The number of rotatable bonds is 2. The van der Waals surface area contributed by atoms with Crippen molar-refractivity contribution in [2.75, 3.05) is 5.84 Å².